The first kappa shape index (κ1) is 14.6. The first-order chi connectivity index (χ1) is 9.63. The molecular formula is C14H13Cl2N3O. The summed E-state index contributed by atoms with van der Waals surface area (Å²) in [5.74, 6) is 0. The van der Waals surface area contributed by atoms with E-state index >= 15 is 0 Å². The van der Waals surface area contributed by atoms with E-state index in [0.717, 1.165) is 5.56 Å². The Morgan fingerprint density at radius 3 is 2.80 bits per heavy atom. The van der Waals surface area contributed by atoms with Gasteiger partial charge < -0.3 is 5.32 Å². The average molecular weight is 310 g/mol. The Kier molecular flexibility index (Phi) is 4.82. The van der Waals surface area contributed by atoms with Crippen LogP contribution in [0.15, 0.2) is 47.9 Å². The number of hydrogen-bond donors (Lipinski definition) is 1. The van der Waals surface area contributed by atoms with Gasteiger partial charge in [0, 0.05) is 11.6 Å². The van der Waals surface area contributed by atoms with Crippen LogP contribution in [0, 0.1) is 0 Å². The molecular weight excluding hydrogens is 297 g/mol. The lowest BCUT2D eigenvalue weighted by Gasteiger charge is -2.10. The third kappa shape index (κ3) is 3.21. The molecule has 0 bridgehead atoms. The largest absolute Gasteiger partial charge is 0.378 e. The van der Waals surface area contributed by atoms with Gasteiger partial charge in [-0.3, -0.25) is 4.79 Å². The molecule has 2 rings (SSSR count). The van der Waals surface area contributed by atoms with E-state index in [9.17, 15) is 4.79 Å². The van der Waals surface area contributed by atoms with E-state index in [1.807, 2.05) is 18.2 Å². The molecule has 20 heavy (non-hydrogen) atoms. The SMILES string of the molecule is C=CCn1ncc(NCc2ccccc2Cl)c(Cl)c1=O. The van der Waals surface area contributed by atoms with Crippen LogP contribution in [-0.4, -0.2) is 9.78 Å². The Bertz CT molecular complexity index is 682. The minimum absolute atomic E-state index is 0.105. The predicted octanol–water partition coefficient (Wildman–Crippen LogP) is 3.35. The fraction of sp³-hybridized carbons (Fsp3) is 0.143. The van der Waals surface area contributed by atoms with Gasteiger partial charge in [0.1, 0.15) is 5.02 Å². The lowest BCUT2D eigenvalue weighted by molar-refractivity contribution is 0.653. The predicted molar refractivity (Wildman–Crippen MR) is 82.5 cm³/mol. The minimum Gasteiger partial charge on any atom is -0.378 e. The Hall–Kier alpha value is -1.78. The zero-order valence-corrected chi connectivity index (χ0v) is 12.2. The van der Waals surface area contributed by atoms with Crippen molar-refractivity contribution in [3.63, 3.8) is 0 Å². The number of nitrogens with zero attached hydrogens (tertiary/aromatic N) is 2. The van der Waals surface area contributed by atoms with Crippen molar-refractivity contribution in [1.29, 1.82) is 0 Å². The van der Waals surface area contributed by atoms with Gasteiger partial charge in [0.25, 0.3) is 5.56 Å². The van der Waals surface area contributed by atoms with Gasteiger partial charge >= 0.3 is 0 Å². The highest BCUT2D eigenvalue weighted by Crippen LogP contribution is 2.19. The molecule has 104 valence electrons. The van der Waals surface area contributed by atoms with Gasteiger partial charge in [-0.05, 0) is 11.6 Å². The molecule has 0 aliphatic rings. The molecule has 0 aliphatic carbocycles. The Morgan fingerprint density at radius 2 is 2.10 bits per heavy atom. The van der Waals surface area contributed by atoms with E-state index in [1.165, 1.54) is 10.9 Å². The molecule has 1 N–H and O–H groups in total. The van der Waals surface area contributed by atoms with Crippen LogP contribution in [-0.2, 0) is 13.1 Å². The third-order valence-electron chi connectivity index (χ3n) is 2.71. The first-order valence-corrected chi connectivity index (χ1v) is 6.73. The van der Waals surface area contributed by atoms with Crippen molar-refractivity contribution >= 4 is 28.9 Å². The highest BCUT2D eigenvalue weighted by molar-refractivity contribution is 6.33. The van der Waals surface area contributed by atoms with Crippen molar-refractivity contribution in [3.8, 4) is 0 Å². The molecule has 0 unspecified atom stereocenters. The van der Waals surface area contributed by atoms with Crippen LogP contribution < -0.4 is 10.9 Å². The molecule has 1 heterocycles. The van der Waals surface area contributed by atoms with Crippen molar-refractivity contribution in [1.82, 2.24) is 9.78 Å². The van der Waals surface area contributed by atoms with Gasteiger partial charge in [0.15, 0.2) is 0 Å². The summed E-state index contributed by atoms with van der Waals surface area (Å²) in [6, 6.07) is 7.46. The van der Waals surface area contributed by atoms with Crippen molar-refractivity contribution in [3.05, 3.63) is 69.1 Å². The van der Waals surface area contributed by atoms with Gasteiger partial charge in [-0.15, -0.1) is 6.58 Å². The Balaban J connectivity index is 2.19. The smallest absolute Gasteiger partial charge is 0.287 e. The molecule has 0 spiro atoms. The summed E-state index contributed by atoms with van der Waals surface area (Å²) in [5.41, 5.74) is 1.05. The van der Waals surface area contributed by atoms with Crippen LogP contribution in [0.1, 0.15) is 5.56 Å². The fourth-order valence-electron chi connectivity index (χ4n) is 1.67. The van der Waals surface area contributed by atoms with E-state index in [0.29, 0.717) is 23.8 Å². The van der Waals surface area contributed by atoms with E-state index in [1.54, 1.807) is 12.1 Å². The Labute approximate surface area is 126 Å². The van der Waals surface area contributed by atoms with Crippen LogP contribution in [0.2, 0.25) is 10.0 Å². The fourth-order valence-corrected chi connectivity index (χ4v) is 2.09. The summed E-state index contributed by atoms with van der Waals surface area (Å²) < 4.78 is 1.25. The van der Waals surface area contributed by atoms with Gasteiger partial charge in [-0.25, -0.2) is 4.68 Å². The number of nitrogens with one attached hydrogen (secondary N) is 1. The maximum absolute atomic E-state index is 11.9. The van der Waals surface area contributed by atoms with Crippen LogP contribution in [0.25, 0.3) is 0 Å². The second kappa shape index (κ2) is 6.59. The van der Waals surface area contributed by atoms with Gasteiger partial charge in [0.05, 0.1) is 18.4 Å². The number of rotatable bonds is 5. The number of benzene rings is 1. The van der Waals surface area contributed by atoms with Crippen LogP contribution in [0.3, 0.4) is 0 Å². The summed E-state index contributed by atoms with van der Waals surface area (Å²) in [6.45, 7) is 4.35. The summed E-state index contributed by atoms with van der Waals surface area (Å²) in [6.07, 6.45) is 3.10. The van der Waals surface area contributed by atoms with Crippen molar-refractivity contribution in [2.45, 2.75) is 13.1 Å². The lowest BCUT2D eigenvalue weighted by atomic mass is 10.2. The van der Waals surface area contributed by atoms with Crippen molar-refractivity contribution in [2.75, 3.05) is 5.32 Å². The summed E-state index contributed by atoms with van der Waals surface area (Å²) in [4.78, 5) is 11.9. The van der Waals surface area contributed by atoms with Gasteiger partial charge in [0.2, 0.25) is 0 Å². The van der Waals surface area contributed by atoms with Gasteiger partial charge in [-0.1, -0.05) is 47.5 Å². The van der Waals surface area contributed by atoms with Crippen LogP contribution >= 0.6 is 23.2 Å². The maximum atomic E-state index is 11.9. The third-order valence-corrected chi connectivity index (χ3v) is 3.45. The highest BCUT2D eigenvalue weighted by atomic mass is 35.5. The molecule has 0 radical (unpaired) electrons. The topological polar surface area (TPSA) is 46.9 Å². The standard InChI is InChI=1S/C14H13Cl2N3O/c1-2-7-19-14(20)13(16)12(9-18-19)17-8-10-5-3-4-6-11(10)15/h2-6,9,17H,1,7-8H2. The molecule has 0 atom stereocenters. The number of halogens is 2. The summed E-state index contributed by atoms with van der Waals surface area (Å²) in [7, 11) is 0. The summed E-state index contributed by atoms with van der Waals surface area (Å²) >= 11 is 12.1. The number of aromatic nitrogens is 2. The van der Waals surface area contributed by atoms with Crippen molar-refractivity contribution < 1.29 is 0 Å². The van der Waals surface area contributed by atoms with E-state index in [-0.39, 0.29) is 10.6 Å². The number of anilines is 1. The monoisotopic (exact) mass is 309 g/mol. The lowest BCUT2D eigenvalue weighted by Crippen LogP contribution is -2.23. The molecule has 0 saturated carbocycles. The molecule has 1 aromatic heterocycles. The normalized spacial score (nSPS) is 10.3. The number of allylic oxidation sites excluding steroid dienone is 1. The minimum atomic E-state index is -0.351. The quantitative estimate of drug-likeness (QED) is 0.862. The van der Waals surface area contributed by atoms with Crippen molar-refractivity contribution in [2.24, 2.45) is 0 Å². The van der Waals surface area contributed by atoms with Crippen LogP contribution in [0.5, 0.6) is 0 Å². The van der Waals surface area contributed by atoms with E-state index in [4.69, 9.17) is 23.2 Å². The summed E-state index contributed by atoms with van der Waals surface area (Å²) in [5, 5.41) is 7.84. The second-order valence-electron chi connectivity index (χ2n) is 4.09. The van der Waals surface area contributed by atoms with E-state index < -0.39 is 0 Å². The Morgan fingerprint density at radius 1 is 1.35 bits per heavy atom. The molecule has 0 saturated heterocycles. The maximum Gasteiger partial charge on any atom is 0.287 e. The van der Waals surface area contributed by atoms with Gasteiger partial charge in [-0.2, -0.15) is 5.10 Å². The molecule has 2 aromatic rings. The molecule has 6 heteroatoms. The molecule has 1 aromatic carbocycles. The zero-order valence-electron chi connectivity index (χ0n) is 10.6. The molecule has 0 aliphatic heterocycles. The molecule has 0 fully saturated rings. The average Bonchev–Trinajstić information content (AvgIpc) is 2.45. The van der Waals surface area contributed by atoms with E-state index in [2.05, 4.69) is 17.0 Å². The highest BCUT2D eigenvalue weighted by Gasteiger charge is 2.08. The molecule has 0 amide bonds. The zero-order chi connectivity index (χ0) is 14.5. The number of hydrogen-bond acceptors (Lipinski definition) is 3. The van der Waals surface area contributed by atoms with Crippen LogP contribution in [0.4, 0.5) is 5.69 Å². The molecule has 4 nitrogen and oxygen atoms in total. The second-order valence-corrected chi connectivity index (χ2v) is 4.88. The first-order valence-electron chi connectivity index (χ1n) is 5.97.